The number of rotatable bonds is 5. The normalized spacial score (nSPS) is 17.7. The summed E-state index contributed by atoms with van der Waals surface area (Å²) in [5, 5.41) is 12.3. The van der Waals surface area contributed by atoms with Crippen LogP contribution in [0.3, 0.4) is 0 Å². The fourth-order valence-corrected chi connectivity index (χ4v) is 4.39. The van der Waals surface area contributed by atoms with E-state index in [0.717, 1.165) is 18.5 Å². The van der Waals surface area contributed by atoms with Gasteiger partial charge in [-0.15, -0.1) is 0 Å². The van der Waals surface area contributed by atoms with Crippen molar-refractivity contribution in [2.45, 2.75) is 45.6 Å². The van der Waals surface area contributed by atoms with Crippen LogP contribution in [-0.4, -0.2) is 25.1 Å². The standard InChI is InChI=1S/C25H29N3O2/c1-6-28-23-12-7-18(14-22(23)17(2)15-25(28,3)4)13-19(16-26)24(29)27-20-8-10-21(30-5)11-9-20/h7-14,17H,6,15H2,1-5H3,(H,27,29)/b19-13+. The largest absolute Gasteiger partial charge is 0.497 e. The van der Waals surface area contributed by atoms with Crippen LogP contribution in [0.25, 0.3) is 6.08 Å². The van der Waals surface area contributed by atoms with Crippen molar-refractivity contribution in [3.05, 3.63) is 59.2 Å². The zero-order chi connectivity index (χ0) is 21.9. The van der Waals surface area contributed by atoms with Gasteiger partial charge in [-0.05, 0) is 86.7 Å². The number of ether oxygens (including phenoxy) is 1. The van der Waals surface area contributed by atoms with Gasteiger partial charge < -0.3 is 15.0 Å². The summed E-state index contributed by atoms with van der Waals surface area (Å²) in [6.45, 7) is 9.91. The summed E-state index contributed by atoms with van der Waals surface area (Å²) in [6.07, 6.45) is 2.71. The minimum Gasteiger partial charge on any atom is -0.497 e. The third-order valence-electron chi connectivity index (χ3n) is 5.75. The summed E-state index contributed by atoms with van der Waals surface area (Å²) in [7, 11) is 1.59. The van der Waals surface area contributed by atoms with Gasteiger partial charge in [0, 0.05) is 23.5 Å². The Morgan fingerprint density at radius 1 is 1.30 bits per heavy atom. The Labute approximate surface area is 179 Å². The van der Waals surface area contributed by atoms with Crippen LogP contribution < -0.4 is 15.0 Å². The molecule has 1 unspecified atom stereocenters. The first kappa shape index (κ1) is 21.4. The summed E-state index contributed by atoms with van der Waals surface area (Å²) in [5.41, 5.74) is 4.15. The smallest absolute Gasteiger partial charge is 0.266 e. The Kier molecular flexibility index (Phi) is 6.17. The second-order valence-corrected chi connectivity index (χ2v) is 8.33. The van der Waals surface area contributed by atoms with E-state index in [9.17, 15) is 10.1 Å². The lowest BCUT2D eigenvalue weighted by molar-refractivity contribution is -0.112. The first-order valence-corrected chi connectivity index (χ1v) is 10.3. The van der Waals surface area contributed by atoms with Crippen molar-refractivity contribution in [3.8, 4) is 11.8 Å². The van der Waals surface area contributed by atoms with E-state index < -0.39 is 5.91 Å². The van der Waals surface area contributed by atoms with Crippen LogP contribution in [0.1, 0.15) is 51.2 Å². The van der Waals surface area contributed by atoms with Gasteiger partial charge in [0.05, 0.1) is 7.11 Å². The molecule has 0 saturated heterocycles. The molecular formula is C25H29N3O2. The van der Waals surface area contributed by atoms with Gasteiger partial charge in [0.1, 0.15) is 17.4 Å². The summed E-state index contributed by atoms with van der Waals surface area (Å²) in [6, 6.07) is 15.2. The molecule has 0 radical (unpaired) electrons. The van der Waals surface area contributed by atoms with Crippen molar-refractivity contribution >= 4 is 23.4 Å². The first-order valence-electron chi connectivity index (χ1n) is 10.3. The Morgan fingerprint density at radius 3 is 2.60 bits per heavy atom. The number of benzene rings is 2. The van der Waals surface area contributed by atoms with Gasteiger partial charge in [-0.1, -0.05) is 13.0 Å². The van der Waals surface area contributed by atoms with Gasteiger partial charge in [-0.25, -0.2) is 0 Å². The Balaban J connectivity index is 1.86. The van der Waals surface area contributed by atoms with Crippen molar-refractivity contribution in [2.24, 2.45) is 0 Å². The second kappa shape index (κ2) is 8.62. The molecule has 5 heteroatoms. The predicted octanol–water partition coefficient (Wildman–Crippen LogP) is 5.35. The van der Waals surface area contributed by atoms with Crippen LogP contribution in [0.4, 0.5) is 11.4 Å². The maximum absolute atomic E-state index is 12.6. The summed E-state index contributed by atoms with van der Waals surface area (Å²) >= 11 is 0. The van der Waals surface area contributed by atoms with E-state index in [1.807, 2.05) is 12.1 Å². The van der Waals surface area contributed by atoms with Gasteiger partial charge in [0.2, 0.25) is 0 Å². The van der Waals surface area contributed by atoms with Crippen molar-refractivity contribution in [1.82, 2.24) is 0 Å². The molecule has 1 N–H and O–H groups in total. The lowest BCUT2D eigenvalue weighted by Gasteiger charge is -2.47. The van der Waals surface area contributed by atoms with Crippen molar-refractivity contribution in [3.63, 3.8) is 0 Å². The average Bonchev–Trinajstić information content (AvgIpc) is 2.72. The van der Waals surface area contributed by atoms with Crippen LogP contribution in [0.15, 0.2) is 48.0 Å². The Morgan fingerprint density at radius 2 is 2.00 bits per heavy atom. The van der Waals surface area contributed by atoms with Gasteiger partial charge >= 0.3 is 0 Å². The molecule has 3 rings (SSSR count). The quantitative estimate of drug-likeness (QED) is 0.540. The molecule has 0 fully saturated rings. The second-order valence-electron chi connectivity index (χ2n) is 8.33. The van der Waals surface area contributed by atoms with Crippen LogP contribution in [0.2, 0.25) is 0 Å². The number of hydrogen-bond acceptors (Lipinski definition) is 4. The molecule has 2 aromatic carbocycles. The van der Waals surface area contributed by atoms with Gasteiger partial charge in [-0.2, -0.15) is 5.26 Å². The predicted molar refractivity (Wildman–Crippen MR) is 122 cm³/mol. The van der Waals surface area contributed by atoms with E-state index in [0.29, 0.717) is 17.4 Å². The number of amides is 1. The third-order valence-corrected chi connectivity index (χ3v) is 5.75. The van der Waals surface area contributed by atoms with Crippen LogP contribution in [0, 0.1) is 11.3 Å². The molecule has 0 bridgehead atoms. The average molecular weight is 404 g/mol. The number of fused-ring (bicyclic) bond motifs is 1. The third kappa shape index (κ3) is 4.33. The summed E-state index contributed by atoms with van der Waals surface area (Å²) in [5.74, 6) is 0.686. The fraction of sp³-hybridized carbons (Fsp3) is 0.360. The fourth-order valence-electron chi connectivity index (χ4n) is 4.39. The number of methoxy groups -OCH3 is 1. The van der Waals surface area contributed by atoms with Gasteiger partial charge in [0.15, 0.2) is 0 Å². The molecule has 1 aliphatic rings. The molecular weight excluding hydrogens is 374 g/mol. The number of carbonyl (C=O) groups is 1. The van der Waals surface area contributed by atoms with Crippen molar-refractivity contribution in [1.29, 1.82) is 5.26 Å². The highest BCUT2D eigenvalue weighted by Crippen LogP contribution is 2.43. The first-order chi connectivity index (χ1) is 14.3. The minimum absolute atomic E-state index is 0.0712. The molecule has 1 heterocycles. The number of carbonyl (C=O) groups excluding carboxylic acids is 1. The Hall–Kier alpha value is -3.26. The Bertz CT molecular complexity index is 1000. The number of nitrogens with one attached hydrogen (secondary N) is 1. The maximum atomic E-state index is 12.6. The van der Waals surface area contributed by atoms with Crippen molar-refractivity contribution in [2.75, 3.05) is 23.9 Å². The number of hydrogen-bond donors (Lipinski definition) is 1. The maximum Gasteiger partial charge on any atom is 0.266 e. The molecule has 156 valence electrons. The van der Waals surface area contributed by atoms with Crippen LogP contribution in [0.5, 0.6) is 5.75 Å². The molecule has 0 saturated carbocycles. The van der Waals surface area contributed by atoms with E-state index in [1.165, 1.54) is 11.3 Å². The number of nitrogens with zero attached hydrogens (tertiary/aromatic N) is 2. The summed E-state index contributed by atoms with van der Waals surface area (Å²) < 4.78 is 5.12. The molecule has 0 spiro atoms. The SMILES string of the molecule is CCN1c2ccc(/C=C(\C#N)C(=O)Nc3ccc(OC)cc3)cc2C(C)CC1(C)C. The molecule has 0 aromatic heterocycles. The van der Waals surface area contributed by atoms with E-state index >= 15 is 0 Å². The topological polar surface area (TPSA) is 65.4 Å². The zero-order valence-corrected chi connectivity index (χ0v) is 18.3. The molecule has 30 heavy (non-hydrogen) atoms. The number of nitriles is 1. The minimum atomic E-state index is -0.426. The van der Waals surface area contributed by atoms with Gasteiger partial charge in [0.25, 0.3) is 5.91 Å². The van der Waals surface area contributed by atoms with Crippen LogP contribution >= 0.6 is 0 Å². The number of anilines is 2. The lowest BCUT2D eigenvalue weighted by atomic mass is 9.79. The molecule has 1 aliphatic heterocycles. The molecule has 1 amide bonds. The van der Waals surface area contributed by atoms with E-state index in [4.69, 9.17) is 4.74 Å². The summed E-state index contributed by atoms with van der Waals surface area (Å²) in [4.78, 5) is 15.0. The lowest BCUT2D eigenvalue weighted by Crippen LogP contribution is -2.48. The van der Waals surface area contributed by atoms with E-state index in [2.05, 4.69) is 50.0 Å². The molecule has 1 atom stereocenters. The van der Waals surface area contributed by atoms with Crippen molar-refractivity contribution < 1.29 is 9.53 Å². The molecule has 0 aliphatic carbocycles. The highest BCUT2D eigenvalue weighted by molar-refractivity contribution is 6.09. The monoisotopic (exact) mass is 403 g/mol. The highest BCUT2D eigenvalue weighted by atomic mass is 16.5. The van der Waals surface area contributed by atoms with E-state index in [-0.39, 0.29) is 11.1 Å². The zero-order valence-electron chi connectivity index (χ0n) is 18.3. The van der Waals surface area contributed by atoms with Crippen LogP contribution in [-0.2, 0) is 4.79 Å². The van der Waals surface area contributed by atoms with Gasteiger partial charge in [-0.3, -0.25) is 4.79 Å². The molecule has 2 aromatic rings. The van der Waals surface area contributed by atoms with E-state index in [1.54, 1.807) is 37.5 Å². The molecule has 5 nitrogen and oxygen atoms in total. The highest BCUT2D eigenvalue weighted by Gasteiger charge is 2.35.